The highest BCUT2D eigenvalue weighted by atomic mass is 19.1. The van der Waals surface area contributed by atoms with Crippen LogP contribution in [0.1, 0.15) is 36.8 Å². The zero-order valence-electron chi connectivity index (χ0n) is 11.5. The van der Waals surface area contributed by atoms with E-state index in [1.807, 2.05) is 0 Å². The molecule has 2 amide bonds. The summed E-state index contributed by atoms with van der Waals surface area (Å²) in [4.78, 5) is 22.8. The van der Waals surface area contributed by atoms with Crippen LogP contribution in [0.15, 0.2) is 18.4 Å². The van der Waals surface area contributed by atoms with E-state index in [4.69, 9.17) is 4.74 Å². The van der Waals surface area contributed by atoms with Gasteiger partial charge >= 0.3 is 0 Å². The van der Waals surface area contributed by atoms with Crippen molar-refractivity contribution >= 4 is 17.9 Å². The van der Waals surface area contributed by atoms with Gasteiger partial charge in [0.15, 0.2) is 0 Å². The molecular weight excluding hydrogens is 280 g/mol. The molecule has 0 spiro atoms. The van der Waals surface area contributed by atoms with Crippen molar-refractivity contribution in [1.29, 1.82) is 0 Å². The van der Waals surface area contributed by atoms with Gasteiger partial charge in [0.25, 0.3) is 0 Å². The second-order valence-corrected chi connectivity index (χ2v) is 4.66. The van der Waals surface area contributed by atoms with E-state index < -0.39 is 29.4 Å². The van der Waals surface area contributed by atoms with E-state index in [1.165, 1.54) is 12.3 Å². The molecule has 1 aromatic carbocycles. The Hall–Kier alpha value is -2.24. The van der Waals surface area contributed by atoms with E-state index in [-0.39, 0.29) is 18.4 Å². The molecule has 4 nitrogen and oxygen atoms in total. The van der Waals surface area contributed by atoms with Crippen molar-refractivity contribution in [3.8, 4) is 0 Å². The first-order chi connectivity index (χ1) is 10.0. The molecule has 1 heterocycles. The molecule has 112 valence electrons. The van der Waals surface area contributed by atoms with Gasteiger partial charge in [-0.1, -0.05) is 0 Å². The number of benzene rings is 1. The van der Waals surface area contributed by atoms with E-state index in [2.05, 4.69) is 5.32 Å². The lowest BCUT2D eigenvalue weighted by molar-refractivity contribution is -0.134. The van der Waals surface area contributed by atoms with Gasteiger partial charge in [-0.05, 0) is 37.1 Å². The van der Waals surface area contributed by atoms with Gasteiger partial charge < -0.3 is 4.74 Å². The maximum absolute atomic E-state index is 14.1. The normalized spacial score (nSPS) is 18.9. The highest BCUT2D eigenvalue weighted by Crippen LogP contribution is 2.30. The Labute approximate surface area is 120 Å². The third-order valence-corrected chi connectivity index (χ3v) is 3.21. The van der Waals surface area contributed by atoms with Crippen molar-refractivity contribution in [2.45, 2.75) is 25.7 Å². The number of imide groups is 1. The summed E-state index contributed by atoms with van der Waals surface area (Å²) in [6, 6.07) is 2.27. The fourth-order valence-electron chi connectivity index (χ4n) is 2.22. The van der Waals surface area contributed by atoms with Crippen molar-refractivity contribution in [3.63, 3.8) is 0 Å². The lowest BCUT2D eigenvalue weighted by Gasteiger charge is -2.22. The maximum atomic E-state index is 14.1. The average Bonchev–Trinajstić information content (AvgIpc) is 2.41. The molecule has 6 heteroatoms. The number of piperidine rings is 1. The number of nitrogens with one attached hydrogen (secondary N) is 1. The molecule has 0 aromatic heterocycles. The van der Waals surface area contributed by atoms with Gasteiger partial charge in [0, 0.05) is 12.0 Å². The number of amides is 2. The summed E-state index contributed by atoms with van der Waals surface area (Å²) in [5.74, 6) is -3.68. The van der Waals surface area contributed by atoms with Gasteiger partial charge in [0.2, 0.25) is 11.8 Å². The average molecular weight is 295 g/mol. The Balaban J connectivity index is 2.29. The minimum absolute atomic E-state index is 0.0707. The number of hydrogen-bond donors (Lipinski definition) is 1. The predicted molar refractivity (Wildman–Crippen MR) is 72.1 cm³/mol. The van der Waals surface area contributed by atoms with Crippen LogP contribution in [-0.2, 0) is 14.3 Å². The summed E-state index contributed by atoms with van der Waals surface area (Å²) in [6.07, 6.45) is 2.96. The summed E-state index contributed by atoms with van der Waals surface area (Å²) >= 11 is 0. The SMILES string of the molecule is CCO/C=C/c1cc(F)c([C@@H]2CCC(=O)NC2=O)c(F)c1. The Morgan fingerprint density at radius 2 is 2.00 bits per heavy atom. The fourth-order valence-corrected chi connectivity index (χ4v) is 2.22. The highest BCUT2D eigenvalue weighted by molar-refractivity contribution is 6.01. The first-order valence-electron chi connectivity index (χ1n) is 6.63. The number of rotatable bonds is 4. The van der Waals surface area contributed by atoms with Gasteiger partial charge in [-0.3, -0.25) is 14.9 Å². The minimum atomic E-state index is -0.979. The monoisotopic (exact) mass is 295 g/mol. The van der Waals surface area contributed by atoms with Crippen LogP contribution in [0, 0.1) is 11.6 Å². The van der Waals surface area contributed by atoms with Gasteiger partial charge in [-0.15, -0.1) is 0 Å². The molecule has 0 aliphatic carbocycles. The van der Waals surface area contributed by atoms with Crippen LogP contribution in [0.5, 0.6) is 0 Å². The molecule has 21 heavy (non-hydrogen) atoms. The molecule has 0 unspecified atom stereocenters. The molecule has 1 aliphatic rings. The summed E-state index contributed by atoms with van der Waals surface area (Å²) in [7, 11) is 0. The topological polar surface area (TPSA) is 55.4 Å². The molecule has 0 saturated carbocycles. The zero-order chi connectivity index (χ0) is 15.4. The zero-order valence-corrected chi connectivity index (χ0v) is 11.5. The lowest BCUT2D eigenvalue weighted by atomic mass is 9.89. The fraction of sp³-hybridized carbons (Fsp3) is 0.333. The van der Waals surface area contributed by atoms with E-state index in [1.54, 1.807) is 6.92 Å². The summed E-state index contributed by atoms with van der Waals surface area (Å²) in [5, 5.41) is 2.09. The summed E-state index contributed by atoms with van der Waals surface area (Å²) in [6.45, 7) is 2.24. The van der Waals surface area contributed by atoms with Gasteiger partial charge in [-0.2, -0.15) is 0 Å². The van der Waals surface area contributed by atoms with E-state index in [0.717, 1.165) is 12.1 Å². The first-order valence-corrected chi connectivity index (χ1v) is 6.63. The molecule has 1 N–H and O–H groups in total. The van der Waals surface area contributed by atoms with Gasteiger partial charge in [0.05, 0.1) is 18.8 Å². The molecule has 2 rings (SSSR count). The van der Waals surface area contributed by atoms with Crippen molar-refractivity contribution in [2.75, 3.05) is 6.61 Å². The Bertz CT molecular complexity index is 576. The third-order valence-electron chi connectivity index (χ3n) is 3.21. The van der Waals surface area contributed by atoms with Crippen LogP contribution < -0.4 is 5.32 Å². The third kappa shape index (κ3) is 3.45. The number of halogens is 2. The highest BCUT2D eigenvalue weighted by Gasteiger charge is 2.32. The van der Waals surface area contributed by atoms with Crippen molar-refractivity contribution in [1.82, 2.24) is 5.32 Å². The Morgan fingerprint density at radius 3 is 2.57 bits per heavy atom. The number of hydrogen-bond acceptors (Lipinski definition) is 3. The smallest absolute Gasteiger partial charge is 0.234 e. The number of carbonyl (C=O) groups excluding carboxylic acids is 2. The number of carbonyl (C=O) groups is 2. The van der Waals surface area contributed by atoms with E-state index in [0.29, 0.717) is 12.2 Å². The van der Waals surface area contributed by atoms with E-state index in [9.17, 15) is 18.4 Å². The second-order valence-electron chi connectivity index (χ2n) is 4.66. The van der Waals surface area contributed by atoms with Crippen LogP contribution in [0.3, 0.4) is 0 Å². The first kappa shape index (κ1) is 15.2. The molecule has 1 aromatic rings. The molecule has 1 atom stereocenters. The number of ether oxygens (including phenoxy) is 1. The maximum Gasteiger partial charge on any atom is 0.234 e. The van der Waals surface area contributed by atoms with Crippen molar-refractivity contribution in [2.24, 2.45) is 0 Å². The van der Waals surface area contributed by atoms with Crippen LogP contribution in [0.4, 0.5) is 8.78 Å². The lowest BCUT2D eigenvalue weighted by Crippen LogP contribution is -2.40. The van der Waals surface area contributed by atoms with Crippen molar-refractivity contribution in [3.05, 3.63) is 41.2 Å². The molecule has 1 aliphatic heterocycles. The Morgan fingerprint density at radius 1 is 1.33 bits per heavy atom. The molecule has 0 radical (unpaired) electrons. The van der Waals surface area contributed by atoms with Crippen LogP contribution in [-0.4, -0.2) is 18.4 Å². The quantitative estimate of drug-likeness (QED) is 0.686. The van der Waals surface area contributed by atoms with E-state index >= 15 is 0 Å². The molecular formula is C15H15F2NO3. The van der Waals surface area contributed by atoms with Gasteiger partial charge in [0.1, 0.15) is 11.6 Å². The second kappa shape index (κ2) is 6.47. The standard InChI is InChI=1S/C15H15F2NO3/c1-2-21-6-5-9-7-11(16)14(12(17)8-9)10-3-4-13(19)18-15(10)20/h5-8,10H,2-4H2,1H3,(H,18,19,20)/b6-5+/t10-/m0/s1. The summed E-state index contributed by atoms with van der Waals surface area (Å²) < 4.78 is 33.2. The Kier molecular flexibility index (Phi) is 4.67. The van der Waals surface area contributed by atoms with Gasteiger partial charge in [-0.25, -0.2) is 8.78 Å². The largest absolute Gasteiger partial charge is 0.501 e. The van der Waals surface area contributed by atoms with Crippen LogP contribution in [0.25, 0.3) is 6.08 Å². The van der Waals surface area contributed by atoms with Crippen molar-refractivity contribution < 1.29 is 23.1 Å². The molecule has 0 bridgehead atoms. The molecule has 1 saturated heterocycles. The molecule has 1 fully saturated rings. The summed E-state index contributed by atoms with van der Waals surface area (Å²) in [5.41, 5.74) is 0.00283. The minimum Gasteiger partial charge on any atom is -0.501 e. The predicted octanol–water partition coefficient (Wildman–Crippen LogP) is 2.49. The van der Waals surface area contributed by atoms with Crippen LogP contribution in [0.2, 0.25) is 0 Å². The van der Waals surface area contributed by atoms with Crippen LogP contribution >= 0.6 is 0 Å².